The van der Waals surface area contributed by atoms with E-state index in [9.17, 15) is 19.5 Å². The molecule has 0 radical (unpaired) electrons. The highest BCUT2D eigenvalue weighted by Crippen LogP contribution is 2.43. The molecule has 4 aromatic rings. The maximum atomic E-state index is 13.6. The molecule has 2 amide bonds. The quantitative estimate of drug-likeness (QED) is 0.0981. The van der Waals surface area contributed by atoms with Crippen molar-refractivity contribution in [3.63, 3.8) is 0 Å². The zero-order valence-electron chi connectivity index (χ0n) is 29.6. The number of hydrogen-bond donors (Lipinski definition) is 5. The van der Waals surface area contributed by atoms with Crippen molar-refractivity contribution in [2.75, 3.05) is 30.9 Å². The van der Waals surface area contributed by atoms with Crippen molar-refractivity contribution in [1.82, 2.24) is 20.6 Å². The highest BCUT2D eigenvalue weighted by Gasteiger charge is 2.29. The summed E-state index contributed by atoms with van der Waals surface area (Å²) in [5.74, 6) is -0.273. The number of amides is 2. The third-order valence-corrected chi connectivity index (χ3v) is 9.66. The summed E-state index contributed by atoms with van der Waals surface area (Å²) in [6.07, 6.45) is 7.77. The second kappa shape index (κ2) is 15.9. The molecule has 11 heteroatoms. The van der Waals surface area contributed by atoms with Gasteiger partial charge in [-0.1, -0.05) is 24.3 Å². The van der Waals surface area contributed by atoms with E-state index in [2.05, 4.69) is 31.2 Å². The van der Waals surface area contributed by atoms with Gasteiger partial charge in [-0.25, -0.2) is 0 Å². The average molecular weight is 691 g/mol. The van der Waals surface area contributed by atoms with Gasteiger partial charge in [0.05, 0.1) is 13.2 Å². The Morgan fingerprint density at radius 3 is 1.73 bits per heavy atom. The Morgan fingerprint density at radius 2 is 1.29 bits per heavy atom. The smallest absolute Gasteiger partial charge is 0.325 e. The number of benzene rings is 2. The topological polar surface area (TPSA) is 155 Å². The van der Waals surface area contributed by atoms with Crippen LogP contribution in [0.15, 0.2) is 60.9 Å². The fourth-order valence-corrected chi connectivity index (χ4v) is 6.48. The maximum Gasteiger partial charge on any atom is 0.325 e. The van der Waals surface area contributed by atoms with Crippen molar-refractivity contribution in [2.45, 2.75) is 77.4 Å². The SMILES string of the molecule is CCOC(=O)[C@H](CO)NCc1cnc(C(=O)Nc2cccc(-c3cccc(NC(=O)c4cc(C5CC5)c(CNC)cn4)c3C)c2C)cc1C1CC1. The van der Waals surface area contributed by atoms with Gasteiger partial charge in [-0.2, -0.15) is 0 Å². The molecular weight excluding hydrogens is 644 g/mol. The molecule has 2 saturated carbocycles. The molecule has 0 saturated heterocycles. The van der Waals surface area contributed by atoms with Gasteiger partial charge >= 0.3 is 5.97 Å². The van der Waals surface area contributed by atoms with E-state index < -0.39 is 12.0 Å². The first-order chi connectivity index (χ1) is 24.7. The summed E-state index contributed by atoms with van der Waals surface area (Å²) in [6.45, 7) is 6.54. The third-order valence-electron chi connectivity index (χ3n) is 9.66. The molecule has 5 N–H and O–H groups in total. The molecule has 0 aliphatic heterocycles. The Bertz CT molecular complexity index is 1940. The van der Waals surface area contributed by atoms with Gasteiger partial charge in [-0.3, -0.25) is 29.7 Å². The number of esters is 1. The van der Waals surface area contributed by atoms with E-state index in [4.69, 9.17) is 4.74 Å². The first-order valence-corrected chi connectivity index (χ1v) is 17.7. The Hall–Kier alpha value is -4.97. The number of anilines is 2. The van der Waals surface area contributed by atoms with Crippen LogP contribution in [0.2, 0.25) is 0 Å². The van der Waals surface area contributed by atoms with Gasteiger partial charge in [0.1, 0.15) is 17.4 Å². The molecule has 2 aliphatic carbocycles. The number of pyridine rings is 2. The molecule has 11 nitrogen and oxygen atoms in total. The summed E-state index contributed by atoms with van der Waals surface area (Å²) in [7, 11) is 1.91. The maximum absolute atomic E-state index is 13.6. The van der Waals surface area contributed by atoms with E-state index in [0.29, 0.717) is 41.1 Å². The molecule has 6 rings (SSSR count). The van der Waals surface area contributed by atoms with Gasteiger partial charge in [0.15, 0.2) is 0 Å². The normalized spacial score (nSPS) is 14.5. The van der Waals surface area contributed by atoms with E-state index >= 15 is 0 Å². The van der Waals surface area contributed by atoms with Crippen LogP contribution in [0.25, 0.3) is 11.1 Å². The minimum atomic E-state index is -0.839. The van der Waals surface area contributed by atoms with E-state index in [-0.39, 0.29) is 25.0 Å². The number of carbonyl (C=O) groups excluding carboxylic acids is 3. The lowest BCUT2D eigenvalue weighted by molar-refractivity contribution is -0.146. The molecule has 1 atom stereocenters. The lowest BCUT2D eigenvalue weighted by atomic mass is 9.94. The summed E-state index contributed by atoms with van der Waals surface area (Å²) in [6, 6.07) is 14.5. The van der Waals surface area contributed by atoms with Crippen LogP contribution in [0.1, 0.15) is 98.8 Å². The van der Waals surface area contributed by atoms with E-state index in [1.807, 2.05) is 69.4 Å². The molecule has 2 aromatic carbocycles. The zero-order valence-corrected chi connectivity index (χ0v) is 29.6. The molecule has 2 fully saturated rings. The summed E-state index contributed by atoms with van der Waals surface area (Å²) >= 11 is 0. The third kappa shape index (κ3) is 8.33. The van der Waals surface area contributed by atoms with Crippen LogP contribution < -0.4 is 21.3 Å². The van der Waals surface area contributed by atoms with Crippen LogP contribution in [0.5, 0.6) is 0 Å². The fourth-order valence-electron chi connectivity index (χ4n) is 6.48. The number of aliphatic hydroxyl groups excluding tert-OH is 1. The fraction of sp³-hybridized carbons (Fsp3) is 0.375. The number of carbonyl (C=O) groups is 3. The Morgan fingerprint density at radius 1 is 0.804 bits per heavy atom. The minimum Gasteiger partial charge on any atom is -0.465 e. The molecule has 51 heavy (non-hydrogen) atoms. The van der Waals surface area contributed by atoms with Crippen molar-refractivity contribution in [3.8, 4) is 11.1 Å². The Labute approximate surface area is 298 Å². The van der Waals surface area contributed by atoms with Crippen molar-refractivity contribution in [1.29, 1.82) is 0 Å². The number of hydrogen-bond acceptors (Lipinski definition) is 9. The van der Waals surface area contributed by atoms with Gasteiger partial charge < -0.3 is 25.8 Å². The van der Waals surface area contributed by atoms with Gasteiger partial charge in [0.2, 0.25) is 0 Å². The van der Waals surface area contributed by atoms with Gasteiger partial charge in [-0.05, 0) is 134 Å². The van der Waals surface area contributed by atoms with E-state index in [1.165, 1.54) is 5.56 Å². The van der Waals surface area contributed by atoms with Crippen molar-refractivity contribution in [3.05, 3.63) is 106 Å². The Balaban J connectivity index is 1.18. The highest BCUT2D eigenvalue weighted by atomic mass is 16.5. The standard InChI is InChI=1S/C40H46N6O5/c1-5-51-40(50)37(22-47)44-21-28-20-43-36(17-32(28)26-14-15-26)39(49)46-34-11-7-9-30(24(34)3)29-8-6-10-33(23(29)2)45-38(48)35-16-31(25-12-13-25)27(18-41-4)19-42-35/h6-11,16-17,19-20,25-26,37,41,44,47H,5,12-15,18,21-22H2,1-4H3,(H,45,48)(H,46,49)/t37-/m0/s1. The first-order valence-electron chi connectivity index (χ1n) is 17.7. The van der Waals surface area contributed by atoms with Crippen LogP contribution >= 0.6 is 0 Å². The largest absolute Gasteiger partial charge is 0.465 e. The highest BCUT2D eigenvalue weighted by molar-refractivity contribution is 6.05. The molecule has 0 spiro atoms. The molecular formula is C40H46N6O5. The lowest BCUT2D eigenvalue weighted by Crippen LogP contribution is -2.40. The predicted molar refractivity (Wildman–Crippen MR) is 197 cm³/mol. The molecule has 266 valence electrons. The van der Waals surface area contributed by atoms with Crippen molar-refractivity contribution >= 4 is 29.2 Å². The average Bonchev–Trinajstić information content (AvgIpc) is 4.06. The number of ether oxygens (including phenoxy) is 1. The molecule has 2 heterocycles. The van der Waals surface area contributed by atoms with E-state index in [1.54, 1.807) is 19.3 Å². The molecule has 2 aromatic heterocycles. The van der Waals surface area contributed by atoms with Crippen molar-refractivity contribution in [2.24, 2.45) is 0 Å². The van der Waals surface area contributed by atoms with Crippen LogP contribution in [0, 0.1) is 13.8 Å². The first kappa shape index (κ1) is 35.8. The summed E-state index contributed by atoms with van der Waals surface area (Å²) in [5.41, 5.74) is 9.91. The lowest BCUT2D eigenvalue weighted by Gasteiger charge is -2.18. The van der Waals surface area contributed by atoms with Gasteiger partial charge in [-0.15, -0.1) is 0 Å². The number of rotatable bonds is 15. The number of nitrogens with one attached hydrogen (secondary N) is 4. The molecule has 0 unspecified atom stereocenters. The summed E-state index contributed by atoms with van der Waals surface area (Å²) in [4.78, 5) is 48.1. The number of nitrogens with zero attached hydrogens (tertiary/aromatic N) is 2. The molecule has 2 aliphatic rings. The minimum absolute atomic E-state index is 0.230. The van der Waals surface area contributed by atoms with Crippen LogP contribution in [-0.4, -0.2) is 59.2 Å². The second-order valence-corrected chi connectivity index (χ2v) is 13.3. The van der Waals surface area contributed by atoms with Crippen LogP contribution in [0.3, 0.4) is 0 Å². The predicted octanol–water partition coefficient (Wildman–Crippen LogP) is 5.75. The summed E-state index contributed by atoms with van der Waals surface area (Å²) in [5, 5.41) is 22.1. The van der Waals surface area contributed by atoms with Crippen LogP contribution in [-0.2, 0) is 22.6 Å². The molecule has 0 bridgehead atoms. The summed E-state index contributed by atoms with van der Waals surface area (Å²) < 4.78 is 5.04. The number of aliphatic hydroxyl groups is 1. The second-order valence-electron chi connectivity index (χ2n) is 13.3. The van der Waals surface area contributed by atoms with Crippen molar-refractivity contribution < 1.29 is 24.2 Å². The Kier molecular flexibility index (Phi) is 11.2. The van der Waals surface area contributed by atoms with Gasteiger partial charge in [0.25, 0.3) is 11.8 Å². The van der Waals surface area contributed by atoms with E-state index in [0.717, 1.165) is 71.2 Å². The van der Waals surface area contributed by atoms with Gasteiger partial charge in [0, 0.05) is 36.9 Å². The number of aromatic nitrogens is 2. The van der Waals surface area contributed by atoms with Crippen LogP contribution in [0.4, 0.5) is 11.4 Å². The monoisotopic (exact) mass is 690 g/mol. The zero-order chi connectivity index (χ0) is 36.1.